The van der Waals surface area contributed by atoms with Crippen LogP contribution < -0.4 is 0 Å². The van der Waals surface area contributed by atoms with Crippen molar-refractivity contribution in [3.05, 3.63) is 65.2 Å². The fourth-order valence-electron chi connectivity index (χ4n) is 2.25. The lowest BCUT2D eigenvalue weighted by Gasteiger charge is -2.02. The second kappa shape index (κ2) is 4.33. The first-order chi connectivity index (χ1) is 8.75. The Kier molecular flexibility index (Phi) is 2.67. The average Bonchev–Trinajstić information content (AvgIpc) is 2.79. The molecule has 18 heavy (non-hydrogen) atoms. The van der Waals surface area contributed by atoms with Gasteiger partial charge in [-0.25, -0.2) is 13.8 Å². The number of hydrogen-bond donors (Lipinski definition) is 0. The minimum atomic E-state index is -0.880. The Morgan fingerprint density at radius 2 is 1.72 bits per heavy atom. The molecule has 0 heterocycles. The van der Waals surface area contributed by atoms with Crippen LogP contribution in [-0.4, -0.2) is 5.71 Å². The third-order valence-electron chi connectivity index (χ3n) is 3.15. The molecule has 2 aromatic rings. The second-order valence-corrected chi connectivity index (χ2v) is 4.29. The molecule has 0 fully saturated rings. The van der Waals surface area contributed by atoms with Crippen LogP contribution in [0, 0.1) is 11.6 Å². The number of nitrogens with zero attached hydrogens (tertiary/aromatic N) is 1. The van der Waals surface area contributed by atoms with Gasteiger partial charge in [0.2, 0.25) is 0 Å². The smallest absolute Gasteiger partial charge is 0.184 e. The molecule has 3 heteroatoms. The molecule has 0 amide bonds. The first kappa shape index (κ1) is 11.1. The van der Waals surface area contributed by atoms with Crippen molar-refractivity contribution in [3.8, 4) is 0 Å². The van der Waals surface area contributed by atoms with Crippen molar-refractivity contribution >= 4 is 11.4 Å². The van der Waals surface area contributed by atoms with Crippen molar-refractivity contribution in [1.29, 1.82) is 0 Å². The molecule has 0 atom stereocenters. The SMILES string of the molecule is Fc1cccc(N=C2CCc3ccccc32)c1F. The molecule has 1 aliphatic rings. The van der Waals surface area contributed by atoms with E-state index in [0.717, 1.165) is 30.2 Å². The van der Waals surface area contributed by atoms with Crippen LogP contribution in [0.1, 0.15) is 17.5 Å². The van der Waals surface area contributed by atoms with Crippen LogP contribution in [0.25, 0.3) is 0 Å². The maximum atomic E-state index is 13.5. The van der Waals surface area contributed by atoms with Gasteiger partial charge in [0.15, 0.2) is 11.6 Å². The normalized spacial score (nSPS) is 16.0. The summed E-state index contributed by atoms with van der Waals surface area (Å²) in [6, 6.07) is 12.0. The Balaban J connectivity index is 2.07. The molecule has 0 aliphatic heterocycles. The monoisotopic (exact) mass is 243 g/mol. The van der Waals surface area contributed by atoms with E-state index in [-0.39, 0.29) is 5.69 Å². The molecule has 1 aliphatic carbocycles. The fraction of sp³-hybridized carbons (Fsp3) is 0.133. The van der Waals surface area contributed by atoms with Gasteiger partial charge in [-0.05, 0) is 36.1 Å². The number of hydrogen-bond acceptors (Lipinski definition) is 1. The highest BCUT2D eigenvalue weighted by atomic mass is 19.2. The third kappa shape index (κ3) is 1.82. The van der Waals surface area contributed by atoms with Crippen LogP contribution in [0.3, 0.4) is 0 Å². The highest BCUT2D eigenvalue weighted by Gasteiger charge is 2.17. The van der Waals surface area contributed by atoms with Crippen LogP contribution in [0.15, 0.2) is 47.5 Å². The topological polar surface area (TPSA) is 12.4 Å². The van der Waals surface area contributed by atoms with Gasteiger partial charge in [-0.1, -0.05) is 30.3 Å². The minimum Gasteiger partial charge on any atom is -0.250 e. The molecule has 3 rings (SSSR count). The second-order valence-electron chi connectivity index (χ2n) is 4.29. The molecule has 2 aromatic carbocycles. The number of halogens is 2. The summed E-state index contributed by atoms with van der Waals surface area (Å²) in [5.74, 6) is -1.74. The molecule has 0 radical (unpaired) electrons. The number of rotatable bonds is 1. The van der Waals surface area contributed by atoms with Gasteiger partial charge in [-0.3, -0.25) is 0 Å². The van der Waals surface area contributed by atoms with Crippen LogP contribution >= 0.6 is 0 Å². The molecule has 0 saturated carbocycles. The summed E-state index contributed by atoms with van der Waals surface area (Å²) in [5.41, 5.74) is 3.16. The van der Waals surface area contributed by atoms with Crippen molar-refractivity contribution < 1.29 is 8.78 Å². The molecule has 0 spiro atoms. The van der Waals surface area contributed by atoms with E-state index in [0.29, 0.717) is 0 Å². The molecule has 0 aromatic heterocycles. The zero-order valence-corrected chi connectivity index (χ0v) is 9.66. The van der Waals surface area contributed by atoms with Gasteiger partial charge in [0, 0.05) is 5.71 Å². The van der Waals surface area contributed by atoms with Crippen LogP contribution in [0.5, 0.6) is 0 Å². The zero-order chi connectivity index (χ0) is 12.5. The van der Waals surface area contributed by atoms with Crippen molar-refractivity contribution in [2.45, 2.75) is 12.8 Å². The molecular formula is C15H11F2N. The standard InChI is InChI=1S/C15H11F2N/c16-12-6-3-7-14(15(12)17)18-13-9-8-10-4-1-2-5-11(10)13/h1-7H,8-9H2. The van der Waals surface area contributed by atoms with Gasteiger partial charge in [0.05, 0.1) is 0 Å². The van der Waals surface area contributed by atoms with E-state index in [1.54, 1.807) is 0 Å². The molecule has 1 nitrogen and oxygen atoms in total. The lowest BCUT2D eigenvalue weighted by atomic mass is 10.1. The number of aryl methyl sites for hydroxylation is 1. The molecule has 0 saturated heterocycles. The summed E-state index contributed by atoms with van der Waals surface area (Å²) in [4.78, 5) is 4.26. The first-order valence-corrected chi connectivity index (χ1v) is 5.85. The summed E-state index contributed by atoms with van der Waals surface area (Å²) in [5, 5.41) is 0. The number of benzene rings is 2. The lowest BCUT2D eigenvalue weighted by molar-refractivity contribution is 0.510. The third-order valence-corrected chi connectivity index (χ3v) is 3.15. The van der Waals surface area contributed by atoms with E-state index in [9.17, 15) is 8.78 Å². The molecule has 90 valence electrons. The Hall–Kier alpha value is -2.03. The van der Waals surface area contributed by atoms with E-state index >= 15 is 0 Å². The summed E-state index contributed by atoms with van der Waals surface area (Å²) in [6.45, 7) is 0. The van der Waals surface area contributed by atoms with Crippen molar-refractivity contribution in [1.82, 2.24) is 0 Å². The summed E-state index contributed by atoms with van der Waals surface area (Å²) in [7, 11) is 0. The average molecular weight is 243 g/mol. The summed E-state index contributed by atoms with van der Waals surface area (Å²) < 4.78 is 26.7. The highest BCUT2D eigenvalue weighted by molar-refractivity contribution is 6.05. The van der Waals surface area contributed by atoms with E-state index in [1.807, 2.05) is 24.3 Å². The minimum absolute atomic E-state index is 0.0710. The van der Waals surface area contributed by atoms with E-state index < -0.39 is 11.6 Å². The largest absolute Gasteiger partial charge is 0.250 e. The van der Waals surface area contributed by atoms with Crippen molar-refractivity contribution in [2.24, 2.45) is 4.99 Å². The summed E-state index contributed by atoms with van der Waals surface area (Å²) in [6.07, 6.45) is 1.68. The maximum absolute atomic E-state index is 13.5. The maximum Gasteiger partial charge on any atom is 0.184 e. The van der Waals surface area contributed by atoms with Gasteiger partial charge in [-0.15, -0.1) is 0 Å². The first-order valence-electron chi connectivity index (χ1n) is 5.85. The predicted molar refractivity (Wildman–Crippen MR) is 67.3 cm³/mol. The Morgan fingerprint density at radius 3 is 2.61 bits per heavy atom. The quantitative estimate of drug-likeness (QED) is 0.717. The molecule has 0 unspecified atom stereocenters. The fourth-order valence-corrected chi connectivity index (χ4v) is 2.25. The summed E-state index contributed by atoms with van der Waals surface area (Å²) >= 11 is 0. The Morgan fingerprint density at radius 1 is 0.889 bits per heavy atom. The Bertz CT molecular complexity index is 632. The van der Waals surface area contributed by atoms with E-state index in [1.165, 1.54) is 17.7 Å². The van der Waals surface area contributed by atoms with E-state index in [4.69, 9.17) is 0 Å². The van der Waals surface area contributed by atoms with Crippen LogP contribution in [0.2, 0.25) is 0 Å². The Labute approximate surface area is 104 Å². The molecule has 0 bridgehead atoms. The predicted octanol–water partition coefficient (Wildman–Crippen LogP) is 4.03. The number of fused-ring (bicyclic) bond motifs is 1. The van der Waals surface area contributed by atoms with Gasteiger partial charge in [0.1, 0.15) is 5.69 Å². The van der Waals surface area contributed by atoms with Crippen molar-refractivity contribution in [3.63, 3.8) is 0 Å². The molecular weight excluding hydrogens is 232 g/mol. The van der Waals surface area contributed by atoms with E-state index in [2.05, 4.69) is 4.99 Å². The van der Waals surface area contributed by atoms with Crippen LogP contribution in [-0.2, 0) is 6.42 Å². The van der Waals surface area contributed by atoms with Gasteiger partial charge in [-0.2, -0.15) is 0 Å². The van der Waals surface area contributed by atoms with Gasteiger partial charge in [0.25, 0.3) is 0 Å². The highest BCUT2D eigenvalue weighted by Crippen LogP contribution is 2.27. The molecule has 0 N–H and O–H groups in total. The van der Waals surface area contributed by atoms with Crippen molar-refractivity contribution in [2.75, 3.05) is 0 Å². The number of aliphatic imine (C=N–C) groups is 1. The zero-order valence-electron chi connectivity index (χ0n) is 9.66. The van der Waals surface area contributed by atoms with Crippen LogP contribution in [0.4, 0.5) is 14.5 Å². The van der Waals surface area contributed by atoms with Gasteiger partial charge >= 0.3 is 0 Å². The lowest BCUT2D eigenvalue weighted by Crippen LogP contribution is -1.94. The van der Waals surface area contributed by atoms with Gasteiger partial charge < -0.3 is 0 Å².